The number of nitrogens with zero attached hydrogens (tertiary/aromatic N) is 1. The Labute approximate surface area is 110 Å². The van der Waals surface area contributed by atoms with Crippen LogP contribution in [0.25, 0.3) is 0 Å². The minimum Gasteiger partial charge on any atom is -0.398 e. The van der Waals surface area contributed by atoms with Crippen molar-refractivity contribution >= 4 is 11.6 Å². The summed E-state index contributed by atoms with van der Waals surface area (Å²) in [7, 11) is 0. The first kappa shape index (κ1) is 13.0. The van der Waals surface area contributed by atoms with E-state index < -0.39 is 5.82 Å². The molecular weight excluding hydrogens is 245 g/mol. The zero-order valence-electron chi connectivity index (χ0n) is 10.4. The van der Waals surface area contributed by atoms with E-state index in [2.05, 4.69) is 10.3 Å². The second kappa shape index (κ2) is 5.48. The monoisotopic (exact) mass is 259 g/mol. The highest BCUT2D eigenvalue weighted by molar-refractivity contribution is 5.99. The third-order valence-corrected chi connectivity index (χ3v) is 2.81. The van der Waals surface area contributed by atoms with Crippen LogP contribution in [0.15, 0.2) is 42.7 Å². The van der Waals surface area contributed by atoms with Crippen molar-refractivity contribution in [1.29, 1.82) is 0 Å². The highest BCUT2D eigenvalue weighted by Gasteiger charge is 2.14. The predicted octanol–water partition coefficient (Wildman–Crippen LogP) is 2.29. The predicted molar refractivity (Wildman–Crippen MR) is 70.9 cm³/mol. The summed E-state index contributed by atoms with van der Waals surface area (Å²) in [5, 5.41) is 2.80. The fourth-order valence-electron chi connectivity index (χ4n) is 1.75. The highest BCUT2D eigenvalue weighted by Crippen LogP contribution is 2.16. The lowest BCUT2D eigenvalue weighted by atomic mass is 10.1. The summed E-state index contributed by atoms with van der Waals surface area (Å²) >= 11 is 0. The molecule has 1 heterocycles. The van der Waals surface area contributed by atoms with Gasteiger partial charge in [-0.25, -0.2) is 4.39 Å². The molecule has 4 nitrogen and oxygen atoms in total. The van der Waals surface area contributed by atoms with Crippen molar-refractivity contribution < 1.29 is 9.18 Å². The molecule has 0 radical (unpaired) electrons. The molecule has 1 aromatic heterocycles. The Morgan fingerprint density at radius 1 is 1.32 bits per heavy atom. The second-order valence-electron chi connectivity index (χ2n) is 4.21. The van der Waals surface area contributed by atoms with Crippen LogP contribution in [0.2, 0.25) is 0 Å². The van der Waals surface area contributed by atoms with Gasteiger partial charge in [-0.05, 0) is 42.8 Å². The molecule has 1 atom stereocenters. The molecule has 5 heteroatoms. The number of pyridine rings is 1. The summed E-state index contributed by atoms with van der Waals surface area (Å²) < 4.78 is 12.9. The van der Waals surface area contributed by atoms with E-state index in [1.54, 1.807) is 12.4 Å². The maximum atomic E-state index is 12.9. The topological polar surface area (TPSA) is 68.0 Å². The smallest absolute Gasteiger partial charge is 0.253 e. The van der Waals surface area contributed by atoms with Gasteiger partial charge in [0.1, 0.15) is 5.82 Å². The Bertz CT molecular complexity index is 586. The first-order valence-corrected chi connectivity index (χ1v) is 5.83. The van der Waals surface area contributed by atoms with Gasteiger partial charge in [0, 0.05) is 18.1 Å². The number of rotatable bonds is 3. The largest absolute Gasteiger partial charge is 0.398 e. The SMILES string of the molecule is CC(NC(=O)c1ccc(F)cc1N)c1ccncc1. The number of nitrogens with one attached hydrogen (secondary N) is 1. The van der Waals surface area contributed by atoms with Crippen LogP contribution in [0.4, 0.5) is 10.1 Å². The molecule has 2 rings (SSSR count). The minimum atomic E-state index is -0.462. The number of anilines is 1. The van der Waals surface area contributed by atoms with E-state index in [0.717, 1.165) is 11.6 Å². The van der Waals surface area contributed by atoms with Crippen molar-refractivity contribution in [1.82, 2.24) is 10.3 Å². The first-order valence-electron chi connectivity index (χ1n) is 5.83. The van der Waals surface area contributed by atoms with Crippen molar-refractivity contribution in [3.05, 3.63) is 59.7 Å². The van der Waals surface area contributed by atoms with Crippen LogP contribution >= 0.6 is 0 Å². The fourth-order valence-corrected chi connectivity index (χ4v) is 1.75. The molecule has 0 fully saturated rings. The molecule has 0 saturated carbocycles. The highest BCUT2D eigenvalue weighted by atomic mass is 19.1. The summed E-state index contributed by atoms with van der Waals surface area (Å²) in [4.78, 5) is 15.9. The van der Waals surface area contributed by atoms with E-state index in [-0.39, 0.29) is 23.2 Å². The van der Waals surface area contributed by atoms with Crippen molar-refractivity contribution in [3.8, 4) is 0 Å². The minimum absolute atomic E-state index is 0.124. The van der Waals surface area contributed by atoms with Gasteiger partial charge in [-0.1, -0.05) is 0 Å². The number of carbonyl (C=O) groups excluding carboxylic acids is 1. The number of amides is 1. The molecule has 98 valence electrons. The molecule has 1 unspecified atom stereocenters. The number of carbonyl (C=O) groups is 1. The van der Waals surface area contributed by atoms with Crippen LogP contribution in [0, 0.1) is 5.82 Å². The standard InChI is InChI=1S/C14H14FN3O/c1-9(10-4-6-17-7-5-10)18-14(19)12-3-2-11(15)8-13(12)16/h2-9H,16H2,1H3,(H,18,19). The molecular formula is C14H14FN3O. The molecule has 1 amide bonds. The van der Waals surface area contributed by atoms with E-state index in [1.165, 1.54) is 12.1 Å². The summed E-state index contributed by atoms with van der Waals surface area (Å²) in [6, 6.07) is 7.17. The Morgan fingerprint density at radius 3 is 2.63 bits per heavy atom. The van der Waals surface area contributed by atoms with Crippen molar-refractivity contribution in [3.63, 3.8) is 0 Å². The van der Waals surface area contributed by atoms with Gasteiger partial charge < -0.3 is 11.1 Å². The molecule has 0 saturated heterocycles. The van der Waals surface area contributed by atoms with Crippen molar-refractivity contribution in [2.45, 2.75) is 13.0 Å². The number of benzene rings is 1. The number of nitrogens with two attached hydrogens (primary N) is 1. The zero-order chi connectivity index (χ0) is 13.8. The molecule has 0 aliphatic rings. The van der Waals surface area contributed by atoms with E-state index in [0.29, 0.717) is 0 Å². The molecule has 2 aromatic rings. The molecule has 0 aliphatic carbocycles. The second-order valence-corrected chi connectivity index (χ2v) is 4.21. The van der Waals surface area contributed by atoms with Gasteiger partial charge in [0.25, 0.3) is 5.91 Å². The van der Waals surface area contributed by atoms with Gasteiger partial charge in [-0.2, -0.15) is 0 Å². The quantitative estimate of drug-likeness (QED) is 0.831. The van der Waals surface area contributed by atoms with Gasteiger partial charge in [-0.3, -0.25) is 9.78 Å². The Hall–Kier alpha value is -2.43. The number of aromatic nitrogens is 1. The van der Waals surface area contributed by atoms with Crippen molar-refractivity contribution in [2.24, 2.45) is 0 Å². The van der Waals surface area contributed by atoms with Gasteiger partial charge in [0.2, 0.25) is 0 Å². The Balaban J connectivity index is 2.13. The number of hydrogen-bond donors (Lipinski definition) is 2. The van der Waals surface area contributed by atoms with Crippen molar-refractivity contribution in [2.75, 3.05) is 5.73 Å². The van der Waals surface area contributed by atoms with Crippen LogP contribution in [-0.4, -0.2) is 10.9 Å². The fraction of sp³-hybridized carbons (Fsp3) is 0.143. The third-order valence-electron chi connectivity index (χ3n) is 2.81. The molecule has 0 spiro atoms. The summed E-state index contributed by atoms with van der Waals surface area (Å²) in [5.74, 6) is -0.793. The van der Waals surface area contributed by atoms with Gasteiger partial charge in [-0.15, -0.1) is 0 Å². The maximum Gasteiger partial charge on any atom is 0.253 e. The first-order chi connectivity index (χ1) is 9.08. The lowest BCUT2D eigenvalue weighted by molar-refractivity contribution is 0.0940. The number of nitrogen functional groups attached to an aromatic ring is 1. The van der Waals surface area contributed by atoms with Gasteiger partial charge in [0.05, 0.1) is 11.6 Å². The Kier molecular flexibility index (Phi) is 3.75. The number of halogens is 1. The maximum absolute atomic E-state index is 12.9. The summed E-state index contributed by atoms with van der Waals surface area (Å²) in [6.07, 6.45) is 3.31. The van der Waals surface area contributed by atoms with E-state index >= 15 is 0 Å². The zero-order valence-corrected chi connectivity index (χ0v) is 10.4. The van der Waals surface area contributed by atoms with E-state index in [4.69, 9.17) is 5.73 Å². The van der Waals surface area contributed by atoms with Crippen LogP contribution in [-0.2, 0) is 0 Å². The molecule has 0 bridgehead atoms. The molecule has 19 heavy (non-hydrogen) atoms. The van der Waals surface area contributed by atoms with E-state index in [1.807, 2.05) is 19.1 Å². The van der Waals surface area contributed by atoms with Crippen LogP contribution in [0.3, 0.4) is 0 Å². The van der Waals surface area contributed by atoms with E-state index in [9.17, 15) is 9.18 Å². The third kappa shape index (κ3) is 3.07. The molecule has 0 aliphatic heterocycles. The molecule has 1 aromatic carbocycles. The van der Waals surface area contributed by atoms with Gasteiger partial charge >= 0.3 is 0 Å². The Morgan fingerprint density at radius 2 is 2.00 bits per heavy atom. The average Bonchev–Trinajstić information content (AvgIpc) is 2.39. The average molecular weight is 259 g/mol. The lowest BCUT2D eigenvalue weighted by Gasteiger charge is -2.15. The number of hydrogen-bond acceptors (Lipinski definition) is 3. The molecule has 3 N–H and O–H groups in total. The van der Waals surface area contributed by atoms with Crippen LogP contribution in [0.5, 0.6) is 0 Å². The lowest BCUT2D eigenvalue weighted by Crippen LogP contribution is -2.27. The van der Waals surface area contributed by atoms with Crippen LogP contribution < -0.4 is 11.1 Å². The van der Waals surface area contributed by atoms with Crippen LogP contribution in [0.1, 0.15) is 28.9 Å². The summed E-state index contributed by atoms with van der Waals surface area (Å²) in [5.41, 5.74) is 6.95. The van der Waals surface area contributed by atoms with Gasteiger partial charge in [0.15, 0.2) is 0 Å². The normalized spacial score (nSPS) is 11.9. The summed E-state index contributed by atoms with van der Waals surface area (Å²) in [6.45, 7) is 1.85.